The van der Waals surface area contributed by atoms with Crippen LogP contribution in [0.1, 0.15) is 33.6 Å². The van der Waals surface area contributed by atoms with Crippen LogP contribution >= 0.6 is 27.5 Å². The third kappa shape index (κ3) is 2.81. The van der Waals surface area contributed by atoms with Gasteiger partial charge in [0.05, 0.1) is 5.69 Å². The molecule has 2 unspecified atom stereocenters. The van der Waals surface area contributed by atoms with Crippen molar-refractivity contribution in [3.8, 4) is 0 Å². The quantitative estimate of drug-likeness (QED) is 0.881. The van der Waals surface area contributed by atoms with Gasteiger partial charge in [-0.3, -0.25) is 14.5 Å². The summed E-state index contributed by atoms with van der Waals surface area (Å²) in [6.07, 6.45) is 1.07. The van der Waals surface area contributed by atoms with E-state index >= 15 is 0 Å². The van der Waals surface area contributed by atoms with E-state index in [9.17, 15) is 9.59 Å². The second-order valence-electron chi connectivity index (χ2n) is 5.37. The van der Waals surface area contributed by atoms with E-state index < -0.39 is 11.6 Å². The van der Waals surface area contributed by atoms with Gasteiger partial charge >= 0.3 is 0 Å². The summed E-state index contributed by atoms with van der Waals surface area (Å²) >= 11 is 9.50. The molecule has 2 amide bonds. The van der Waals surface area contributed by atoms with Crippen molar-refractivity contribution >= 4 is 45.0 Å². The Morgan fingerprint density at radius 1 is 1.38 bits per heavy atom. The molecule has 0 radical (unpaired) electrons. The SMILES string of the molecule is CCC1C(=O)NC(C)(CC)C(=O)N1c1cc(Cl)ccc1Br. The zero-order valence-corrected chi connectivity index (χ0v) is 14.6. The molecule has 0 aromatic heterocycles. The largest absolute Gasteiger partial charge is 0.340 e. The molecule has 114 valence electrons. The molecule has 2 rings (SSSR count). The third-order valence-electron chi connectivity index (χ3n) is 3.97. The van der Waals surface area contributed by atoms with Crippen molar-refractivity contribution in [3.63, 3.8) is 0 Å². The predicted octanol–water partition coefficient (Wildman–Crippen LogP) is 3.51. The van der Waals surface area contributed by atoms with Crippen molar-refractivity contribution in [3.05, 3.63) is 27.7 Å². The molecule has 21 heavy (non-hydrogen) atoms. The maximum Gasteiger partial charge on any atom is 0.253 e. The molecular weight excluding hydrogens is 356 g/mol. The number of rotatable bonds is 3. The highest BCUT2D eigenvalue weighted by Gasteiger charge is 2.47. The Kier molecular flexibility index (Phi) is 4.63. The first-order valence-corrected chi connectivity index (χ1v) is 8.12. The minimum atomic E-state index is -0.884. The lowest BCUT2D eigenvalue weighted by molar-refractivity contribution is -0.138. The number of carbonyl (C=O) groups excluding carboxylic acids is 2. The lowest BCUT2D eigenvalue weighted by Crippen LogP contribution is -2.69. The Labute approximate surface area is 138 Å². The van der Waals surface area contributed by atoms with Gasteiger partial charge in [0, 0.05) is 9.50 Å². The van der Waals surface area contributed by atoms with Crippen LogP contribution < -0.4 is 10.2 Å². The topological polar surface area (TPSA) is 49.4 Å². The number of nitrogens with zero attached hydrogens (tertiary/aromatic N) is 1. The summed E-state index contributed by atoms with van der Waals surface area (Å²) in [5.41, 5.74) is -0.251. The number of hydrogen-bond acceptors (Lipinski definition) is 2. The van der Waals surface area contributed by atoms with E-state index in [0.717, 1.165) is 4.47 Å². The first-order chi connectivity index (χ1) is 9.84. The van der Waals surface area contributed by atoms with Crippen molar-refractivity contribution in [1.82, 2.24) is 5.32 Å². The molecule has 1 saturated heterocycles. The highest BCUT2D eigenvalue weighted by molar-refractivity contribution is 9.10. The lowest BCUT2D eigenvalue weighted by atomic mass is 9.90. The van der Waals surface area contributed by atoms with Crippen molar-refractivity contribution in [2.24, 2.45) is 0 Å². The third-order valence-corrected chi connectivity index (χ3v) is 4.87. The molecule has 1 fully saturated rings. The summed E-state index contributed by atoms with van der Waals surface area (Å²) in [4.78, 5) is 26.8. The molecule has 1 aliphatic rings. The molecular formula is C15H18BrClN2O2. The summed E-state index contributed by atoms with van der Waals surface area (Å²) in [5.74, 6) is -0.243. The van der Waals surface area contributed by atoms with Crippen LogP contribution in [0.2, 0.25) is 5.02 Å². The summed E-state index contributed by atoms with van der Waals surface area (Å²) in [6, 6.07) is 4.71. The molecule has 4 nitrogen and oxygen atoms in total. The Morgan fingerprint density at radius 2 is 2.05 bits per heavy atom. The van der Waals surface area contributed by atoms with Crippen molar-refractivity contribution < 1.29 is 9.59 Å². The number of piperazine rings is 1. The van der Waals surface area contributed by atoms with Crippen LogP contribution in [0.5, 0.6) is 0 Å². The number of amides is 2. The van der Waals surface area contributed by atoms with Gasteiger partial charge in [0.2, 0.25) is 5.91 Å². The van der Waals surface area contributed by atoms with Crippen LogP contribution in [0.3, 0.4) is 0 Å². The average molecular weight is 374 g/mol. The predicted molar refractivity (Wildman–Crippen MR) is 87.6 cm³/mol. The summed E-state index contributed by atoms with van der Waals surface area (Å²) in [6.45, 7) is 5.53. The fraction of sp³-hybridized carbons (Fsp3) is 0.467. The van der Waals surface area contributed by atoms with Gasteiger partial charge in [-0.1, -0.05) is 25.4 Å². The van der Waals surface area contributed by atoms with Crippen LogP contribution in [0.15, 0.2) is 22.7 Å². The summed E-state index contributed by atoms with van der Waals surface area (Å²) in [7, 11) is 0. The van der Waals surface area contributed by atoms with Crippen LogP contribution in [-0.2, 0) is 9.59 Å². The molecule has 0 spiro atoms. The standard InChI is InChI=1S/C15H18BrClN2O2/c1-4-11-13(20)18-15(3,5-2)14(21)19(11)12-8-9(17)6-7-10(12)16/h6-8,11H,4-5H2,1-3H3,(H,18,20). The Balaban J connectivity index is 2.57. The molecule has 0 aliphatic carbocycles. The highest BCUT2D eigenvalue weighted by Crippen LogP contribution is 2.35. The molecule has 1 aromatic carbocycles. The molecule has 2 atom stereocenters. The summed E-state index contributed by atoms with van der Waals surface area (Å²) in [5, 5.41) is 3.38. The van der Waals surface area contributed by atoms with E-state index in [4.69, 9.17) is 11.6 Å². The van der Waals surface area contributed by atoms with E-state index in [1.165, 1.54) is 0 Å². The molecule has 0 bridgehead atoms. The zero-order valence-electron chi connectivity index (χ0n) is 12.2. The van der Waals surface area contributed by atoms with Crippen molar-refractivity contribution in [1.29, 1.82) is 0 Å². The van der Waals surface area contributed by atoms with Gasteiger partial charge in [-0.25, -0.2) is 0 Å². The van der Waals surface area contributed by atoms with E-state index in [1.807, 2.05) is 13.8 Å². The monoisotopic (exact) mass is 372 g/mol. The molecule has 1 heterocycles. The molecule has 0 saturated carbocycles. The maximum absolute atomic E-state index is 12.9. The Morgan fingerprint density at radius 3 is 2.62 bits per heavy atom. The Bertz CT molecular complexity index is 593. The number of anilines is 1. The minimum absolute atomic E-state index is 0.112. The molecule has 6 heteroatoms. The summed E-state index contributed by atoms with van der Waals surface area (Å²) < 4.78 is 0.742. The normalized spacial score (nSPS) is 26.0. The number of benzene rings is 1. The Hall–Kier alpha value is -1.07. The van der Waals surface area contributed by atoms with Crippen LogP contribution in [0.4, 0.5) is 5.69 Å². The van der Waals surface area contributed by atoms with Gasteiger partial charge in [-0.15, -0.1) is 0 Å². The van der Waals surface area contributed by atoms with Gasteiger partial charge < -0.3 is 5.32 Å². The van der Waals surface area contributed by atoms with E-state index in [2.05, 4.69) is 21.2 Å². The second-order valence-corrected chi connectivity index (χ2v) is 6.66. The van der Waals surface area contributed by atoms with Gasteiger partial charge in [0.15, 0.2) is 0 Å². The number of nitrogens with one attached hydrogen (secondary N) is 1. The van der Waals surface area contributed by atoms with E-state index in [1.54, 1.807) is 30.0 Å². The van der Waals surface area contributed by atoms with Gasteiger partial charge in [0.25, 0.3) is 5.91 Å². The van der Waals surface area contributed by atoms with Gasteiger partial charge in [-0.2, -0.15) is 0 Å². The van der Waals surface area contributed by atoms with E-state index in [0.29, 0.717) is 23.6 Å². The van der Waals surface area contributed by atoms with Crippen LogP contribution in [-0.4, -0.2) is 23.4 Å². The minimum Gasteiger partial charge on any atom is -0.340 e. The van der Waals surface area contributed by atoms with Gasteiger partial charge in [0.1, 0.15) is 11.6 Å². The lowest BCUT2D eigenvalue weighted by Gasteiger charge is -2.44. The molecule has 1 aliphatic heterocycles. The van der Waals surface area contributed by atoms with E-state index in [-0.39, 0.29) is 11.8 Å². The average Bonchev–Trinajstić information content (AvgIpc) is 2.45. The number of halogens is 2. The second kappa shape index (κ2) is 5.97. The molecule has 1 N–H and O–H groups in total. The fourth-order valence-corrected chi connectivity index (χ4v) is 3.09. The maximum atomic E-state index is 12.9. The van der Waals surface area contributed by atoms with Crippen LogP contribution in [0, 0.1) is 0 Å². The zero-order chi connectivity index (χ0) is 15.8. The first-order valence-electron chi connectivity index (χ1n) is 6.94. The van der Waals surface area contributed by atoms with Crippen molar-refractivity contribution in [2.45, 2.75) is 45.2 Å². The first kappa shape index (κ1) is 16.3. The number of hydrogen-bond donors (Lipinski definition) is 1. The van der Waals surface area contributed by atoms with Crippen molar-refractivity contribution in [2.75, 3.05) is 4.90 Å². The highest BCUT2D eigenvalue weighted by atomic mass is 79.9. The number of carbonyl (C=O) groups is 2. The smallest absolute Gasteiger partial charge is 0.253 e. The van der Waals surface area contributed by atoms with Crippen LogP contribution in [0.25, 0.3) is 0 Å². The van der Waals surface area contributed by atoms with Gasteiger partial charge in [-0.05, 0) is 53.9 Å². The fourth-order valence-electron chi connectivity index (χ4n) is 2.49. The molecule has 1 aromatic rings.